The van der Waals surface area contributed by atoms with Crippen molar-refractivity contribution < 1.29 is 0 Å². The number of rotatable bonds is 0. The Labute approximate surface area is 101 Å². The first-order valence-corrected chi connectivity index (χ1v) is 5.39. The maximum atomic E-state index is 7.84. The lowest BCUT2D eigenvalue weighted by atomic mass is 9.90. The van der Waals surface area contributed by atoms with Gasteiger partial charge in [0.25, 0.3) is 0 Å². The minimum atomic E-state index is 0.326. The van der Waals surface area contributed by atoms with Crippen LogP contribution in [0.15, 0.2) is 12.1 Å². The summed E-state index contributed by atoms with van der Waals surface area (Å²) >= 11 is 6.14. The predicted molar refractivity (Wildman–Crippen MR) is 68.8 cm³/mol. The Hall–Kier alpha value is -1.29. The molecule has 0 aliphatic carbocycles. The van der Waals surface area contributed by atoms with Crippen LogP contribution in [0.4, 0.5) is 5.69 Å². The van der Waals surface area contributed by atoms with Crippen molar-refractivity contribution in [2.24, 2.45) is 0 Å². The topological polar surface area (TPSA) is 50.9 Å². The zero-order valence-corrected chi connectivity index (χ0v) is 9.73. The highest BCUT2D eigenvalue weighted by molar-refractivity contribution is 6.46. The standard InChI is InChI=1S/C11H11BClN3/c1-6(14)16-9-4-3-8(12)11(13)7(9)2-5-10(16)15/h3-4,14-15H,2,5H2,1H3. The van der Waals surface area contributed by atoms with Gasteiger partial charge in [0.05, 0.1) is 5.69 Å². The van der Waals surface area contributed by atoms with E-state index >= 15 is 0 Å². The number of amidine groups is 2. The van der Waals surface area contributed by atoms with Crippen molar-refractivity contribution in [3.05, 3.63) is 22.7 Å². The number of anilines is 1. The quantitative estimate of drug-likeness (QED) is 0.400. The fourth-order valence-corrected chi connectivity index (χ4v) is 2.21. The third-order valence-corrected chi connectivity index (χ3v) is 3.15. The van der Waals surface area contributed by atoms with Gasteiger partial charge >= 0.3 is 0 Å². The molecule has 3 nitrogen and oxygen atoms in total. The average molecular weight is 231 g/mol. The van der Waals surface area contributed by atoms with Crippen LogP contribution in [-0.4, -0.2) is 19.5 Å². The molecule has 16 heavy (non-hydrogen) atoms. The third kappa shape index (κ3) is 1.63. The van der Waals surface area contributed by atoms with Crippen molar-refractivity contribution >= 4 is 42.3 Å². The van der Waals surface area contributed by atoms with Gasteiger partial charge in [0, 0.05) is 11.4 Å². The lowest BCUT2D eigenvalue weighted by Crippen LogP contribution is -2.38. The lowest BCUT2D eigenvalue weighted by molar-refractivity contribution is 0.969. The molecule has 2 radical (unpaired) electrons. The zero-order chi connectivity index (χ0) is 11.9. The van der Waals surface area contributed by atoms with E-state index in [1.54, 1.807) is 17.9 Å². The monoisotopic (exact) mass is 231 g/mol. The van der Waals surface area contributed by atoms with E-state index in [9.17, 15) is 0 Å². The van der Waals surface area contributed by atoms with Crippen LogP contribution in [-0.2, 0) is 6.42 Å². The van der Waals surface area contributed by atoms with Gasteiger partial charge in [-0.25, -0.2) is 0 Å². The molecule has 1 aliphatic heterocycles. The SMILES string of the molecule is [B]c1ccc2c(c1Cl)CCC(=N)N2C(C)=N. The summed E-state index contributed by atoms with van der Waals surface area (Å²) in [7, 11) is 5.74. The highest BCUT2D eigenvalue weighted by Crippen LogP contribution is 2.32. The number of hydrogen-bond donors (Lipinski definition) is 2. The number of hydrogen-bond acceptors (Lipinski definition) is 2. The molecule has 0 fully saturated rings. The Kier molecular flexibility index (Phi) is 2.76. The molecule has 0 unspecified atom stereocenters. The van der Waals surface area contributed by atoms with Crippen LogP contribution in [0, 0.1) is 10.8 Å². The van der Waals surface area contributed by atoms with Crippen LogP contribution in [0.1, 0.15) is 18.9 Å². The van der Waals surface area contributed by atoms with Crippen molar-refractivity contribution in [1.82, 2.24) is 0 Å². The molecule has 1 aromatic rings. The summed E-state index contributed by atoms with van der Waals surface area (Å²) in [5.74, 6) is 0.757. The van der Waals surface area contributed by atoms with E-state index in [4.69, 9.17) is 30.3 Å². The second-order valence-corrected chi connectivity index (χ2v) is 4.21. The van der Waals surface area contributed by atoms with Crippen molar-refractivity contribution in [3.63, 3.8) is 0 Å². The normalized spacial score (nSPS) is 14.9. The van der Waals surface area contributed by atoms with E-state index in [1.165, 1.54) is 0 Å². The van der Waals surface area contributed by atoms with E-state index in [2.05, 4.69) is 0 Å². The average Bonchev–Trinajstić information content (AvgIpc) is 2.22. The Morgan fingerprint density at radius 2 is 2.12 bits per heavy atom. The molecule has 0 saturated heterocycles. The maximum absolute atomic E-state index is 7.84. The number of benzene rings is 1. The molecule has 80 valence electrons. The Bertz CT molecular complexity index is 484. The highest BCUT2D eigenvalue weighted by Gasteiger charge is 2.24. The fourth-order valence-electron chi connectivity index (χ4n) is 1.96. The molecule has 2 N–H and O–H groups in total. The summed E-state index contributed by atoms with van der Waals surface area (Å²) in [6.07, 6.45) is 1.30. The van der Waals surface area contributed by atoms with Gasteiger partial charge in [0.2, 0.25) is 0 Å². The molecule has 0 atom stereocenters. The van der Waals surface area contributed by atoms with E-state index in [0.717, 1.165) is 11.3 Å². The van der Waals surface area contributed by atoms with Gasteiger partial charge in [-0.3, -0.25) is 15.7 Å². The van der Waals surface area contributed by atoms with E-state index < -0.39 is 0 Å². The van der Waals surface area contributed by atoms with Crippen molar-refractivity contribution in [2.75, 3.05) is 4.90 Å². The first-order valence-electron chi connectivity index (χ1n) is 5.02. The van der Waals surface area contributed by atoms with Gasteiger partial charge in [-0.15, -0.1) is 0 Å². The van der Waals surface area contributed by atoms with E-state index in [-0.39, 0.29) is 0 Å². The second kappa shape index (κ2) is 3.94. The summed E-state index contributed by atoms with van der Waals surface area (Å²) in [6.45, 7) is 1.66. The number of halogens is 1. The van der Waals surface area contributed by atoms with Crippen LogP contribution in [0.2, 0.25) is 5.02 Å². The summed E-state index contributed by atoms with van der Waals surface area (Å²) in [6, 6.07) is 3.54. The van der Waals surface area contributed by atoms with Crippen LogP contribution in [0.25, 0.3) is 0 Å². The minimum absolute atomic E-state index is 0.326. The fraction of sp³-hybridized carbons (Fsp3) is 0.273. The van der Waals surface area contributed by atoms with Gasteiger partial charge < -0.3 is 0 Å². The molecule has 0 aromatic heterocycles. The Morgan fingerprint density at radius 3 is 2.75 bits per heavy atom. The molecule has 0 bridgehead atoms. The maximum Gasteiger partial charge on any atom is 0.115 e. The van der Waals surface area contributed by atoms with Gasteiger partial charge in [0.1, 0.15) is 19.5 Å². The second-order valence-electron chi connectivity index (χ2n) is 3.83. The predicted octanol–water partition coefficient (Wildman–Crippen LogP) is 1.86. The molecule has 1 heterocycles. The highest BCUT2D eigenvalue weighted by atomic mass is 35.5. The Morgan fingerprint density at radius 1 is 1.44 bits per heavy atom. The molecule has 5 heteroatoms. The van der Waals surface area contributed by atoms with E-state index in [0.29, 0.717) is 35.0 Å². The van der Waals surface area contributed by atoms with Gasteiger partial charge in [-0.1, -0.05) is 23.1 Å². The van der Waals surface area contributed by atoms with E-state index in [1.807, 2.05) is 6.07 Å². The first kappa shape index (κ1) is 11.2. The van der Waals surface area contributed by atoms with Gasteiger partial charge in [-0.2, -0.15) is 0 Å². The number of nitrogens with zero attached hydrogens (tertiary/aromatic N) is 1. The van der Waals surface area contributed by atoms with Crippen molar-refractivity contribution in [2.45, 2.75) is 19.8 Å². The molecule has 2 rings (SSSR count). The molecular formula is C11H11BClN3. The van der Waals surface area contributed by atoms with Crippen molar-refractivity contribution in [3.8, 4) is 0 Å². The summed E-state index contributed by atoms with van der Waals surface area (Å²) < 4.78 is 0. The minimum Gasteiger partial charge on any atom is -0.288 e. The summed E-state index contributed by atoms with van der Waals surface area (Å²) in [5.41, 5.74) is 2.30. The molecule has 0 amide bonds. The van der Waals surface area contributed by atoms with Crippen LogP contribution >= 0.6 is 11.6 Å². The summed E-state index contributed by atoms with van der Waals surface area (Å²) in [5, 5.41) is 16.1. The van der Waals surface area contributed by atoms with Gasteiger partial charge in [0.15, 0.2) is 0 Å². The third-order valence-electron chi connectivity index (χ3n) is 2.71. The number of fused-ring (bicyclic) bond motifs is 1. The molecule has 0 saturated carbocycles. The first-order chi connectivity index (χ1) is 7.52. The molecular weight excluding hydrogens is 220 g/mol. The molecule has 1 aromatic carbocycles. The molecule has 1 aliphatic rings. The van der Waals surface area contributed by atoms with Crippen LogP contribution in [0.5, 0.6) is 0 Å². The van der Waals surface area contributed by atoms with Crippen LogP contribution < -0.4 is 10.4 Å². The largest absolute Gasteiger partial charge is 0.288 e. The summed E-state index contributed by atoms with van der Waals surface area (Å²) in [4.78, 5) is 1.60. The van der Waals surface area contributed by atoms with Gasteiger partial charge in [-0.05, 0) is 25.0 Å². The lowest BCUT2D eigenvalue weighted by Gasteiger charge is -2.31. The smallest absolute Gasteiger partial charge is 0.115 e. The Balaban J connectivity index is 2.61. The zero-order valence-electron chi connectivity index (χ0n) is 8.97. The number of nitrogens with one attached hydrogen (secondary N) is 2. The van der Waals surface area contributed by atoms with Crippen molar-refractivity contribution in [1.29, 1.82) is 10.8 Å². The molecule has 0 spiro atoms. The van der Waals surface area contributed by atoms with Crippen LogP contribution in [0.3, 0.4) is 0 Å².